The molecule has 2 aliphatic rings. The summed E-state index contributed by atoms with van der Waals surface area (Å²) in [6.07, 6.45) is -2.48. The first-order valence-corrected chi connectivity index (χ1v) is 11.4. The van der Waals surface area contributed by atoms with Crippen LogP contribution in [0.3, 0.4) is 0 Å². The second-order valence-electron chi connectivity index (χ2n) is 8.27. The van der Waals surface area contributed by atoms with Gasteiger partial charge in [0.15, 0.2) is 11.6 Å². The number of fused-ring (bicyclic) bond motifs is 1. The number of piperidine rings is 1. The number of aliphatic hydroxyl groups excluding tert-OH is 1. The molecule has 166 valence electrons. The fourth-order valence-corrected chi connectivity index (χ4v) is 5.59. The zero-order chi connectivity index (χ0) is 21.6. The van der Waals surface area contributed by atoms with Gasteiger partial charge < -0.3 is 14.9 Å². The van der Waals surface area contributed by atoms with Gasteiger partial charge in [-0.3, -0.25) is 0 Å². The zero-order valence-corrected chi connectivity index (χ0v) is 17.6. The smallest absolute Gasteiger partial charge is 0.379 e. The number of anilines is 1. The highest BCUT2D eigenvalue weighted by atomic mass is 32.1. The Morgan fingerprint density at radius 1 is 1.03 bits per heavy atom. The molecule has 1 aromatic carbocycles. The highest BCUT2D eigenvalue weighted by Crippen LogP contribution is 2.40. The van der Waals surface area contributed by atoms with Gasteiger partial charge in [-0.1, -0.05) is 0 Å². The van der Waals surface area contributed by atoms with Crippen molar-refractivity contribution in [3.05, 3.63) is 28.5 Å². The maximum atomic E-state index is 12.9. The molecule has 0 bridgehead atoms. The number of rotatable bonds is 4. The molecule has 0 aliphatic carbocycles. The predicted octanol–water partition coefficient (Wildman–Crippen LogP) is 4.61. The van der Waals surface area contributed by atoms with Crippen molar-refractivity contribution in [1.82, 2.24) is 15.2 Å². The Bertz CT molecular complexity index is 1050. The van der Waals surface area contributed by atoms with Crippen LogP contribution in [0.5, 0.6) is 0 Å². The van der Waals surface area contributed by atoms with Gasteiger partial charge in [-0.05, 0) is 83.8 Å². The highest BCUT2D eigenvalue weighted by Gasteiger charge is 2.40. The number of likely N-dealkylation sites (tertiary alicyclic amines) is 1. The van der Waals surface area contributed by atoms with Gasteiger partial charge in [-0.2, -0.15) is 13.2 Å². The Kier molecular flexibility index (Phi) is 5.39. The van der Waals surface area contributed by atoms with E-state index in [0.717, 1.165) is 48.5 Å². The van der Waals surface area contributed by atoms with Crippen molar-refractivity contribution in [3.63, 3.8) is 0 Å². The molecule has 2 fully saturated rings. The number of aliphatic hydroxyl groups is 1. The minimum Gasteiger partial charge on any atom is -0.379 e. The summed E-state index contributed by atoms with van der Waals surface area (Å²) in [5, 5.41) is 19.2. The number of nitrogens with zero attached hydrogens (tertiary/aromatic N) is 4. The van der Waals surface area contributed by atoms with Gasteiger partial charge >= 0.3 is 6.18 Å². The van der Waals surface area contributed by atoms with E-state index in [-0.39, 0.29) is 4.88 Å². The summed E-state index contributed by atoms with van der Waals surface area (Å²) < 4.78 is 43.6. The van der Waals surface area contributed by atoms with E-state index in [0.29, 0.717) is 22.6 Å². The van der Waals surface area contributed by atoms with E-state index in [1.807, 2.05) is 6.07 Å². The third-order valence-electron chi connectivity index (χ3n) is 6.34. The average Bonchev–Trinajstić information content (AvgIpc) is 3.53. The first-order chi connectivity index (χ1) is 14.9. The summed E-state index contributed by atoms with van der Waals surface area (Å²) in [4.78, 5) is 4.72. The summed E-state index contributed by atoms with van der Waals surface area (Å²) in [6, 6.07) is 5.70. The van der Waals surface area contributed by atoms with E-state index in [1.165, 1.54) is 32.0 Å². The average molecular weight is 453 g/mol. The number of alkyl halides is 3. The number of benzene rings is 1. The van der Waals surface area contributed by atoms with Crippen molar-refractivity contribution >= 4 is 28.1 Å². The standard InChI is InChI=1S/C21H23F3N4O2S/c22-21(23,24)20(29)18-11-14(12-31-18)13-9-16-19(26-30-25-16)17(10-13)28-7-3-15(4-8-28)27-5-1-2-6-27/h9-12,15,20,29H,1-8H2. The minimum absolute atomic E-state index is 0.131. The first kappa shape index (κ1) is 20.7. The van der Waals surface area contributed by atoms with Gasteiger partial charge in [0.05, 0.1) is 5.69 Å². The number of halogens is 3. The van der Waals surface area contributed by atoms with E-state index in [4.69, 9.17) is 4.63 Å². The number of hydrogen-bond donors (Lipinski definition) is 1. The van der Waals surface area contributed by atoms with E-state index in [2.05, 4.69) is 20.1 Å². The van der Waals surface area contributed by atoms with Gasteiger partial charge in [0.1, 0.15) is 5.52 Å². The topological polar surface area (TPSA) is 65.6 Å². The van der Waals surface area contributed by atoms with E-state index in [1.54, 1.807) is 11.4 Å². The molecular formula is C21H23F3N4O2S. The van der Waals surface area contributed by atoms with Crippen LogP contribution >= 0.6 is 11.3 Å². The molecule has 31 heavy (non-hydrogen) atoms. The second kappa shape index (κ2) is 8.07. The van der Waals surface area contributed by atoms with Gasteiger partial charge in [-0.25, -0.2) is 4.63 Å². The maximum absolute atomic E-state index is 12.9. The van der Waals surface area contributed by atoms with Gasteiger partial charge in [0, 0.05) is 24.0 Å². The molecule has 10 heteroatoms. The summed E-state index contributed by atoms with van der Waals surface area (Å²) in [7, 11) is 0. The van der Waals surface area contributed by atoms with E-state index in [9.17, 15) is 18.3 Å². The van der Waals surface area contributed by atoms with Crippen molar-refractivity contribution in [2.75, 3.05) is 31.1 Å². The summed E-state index contributed by atoms with van der Waals surface area (Å²) in [6.45, 7) is 4.13. The molecule has 0 saturated carbocycles. The number of hydrogen-bond acceptors (Lipinski definition) is 7. The molecule has 0 amide bonds. The van der Waals surface area contributed by atoms with Crippen molar-refractivity contribution in [3.8, 4) is 11.1 Å². The van der Waals surface area contributed by atoms with Gasteiger partial charge in [-0.15, -0.1) is 11.3 Å². The van der Waals surface area contributed by atoms with Crippen LogP contribution in [0, 0.1) is 0 Å². The number of aromatic nitrogens is 2. The maximum Gasteiger partial charge on any atom is 0.419 e. The molecule has 0 spiro atoms. The summed E-state index contributed by atoms with van der Waals surface area (Å²) in [5.74, 6) is 0. The first-order valence-electron chi connectivity index (χ1n) is 10.5. The Morgan fingerprint density at radius 2 is 1.77 bits per heavy atom. The van der Waals surface area contributed by atoms with Crippen LogP contribution in [0.1, 0.15) is 36.7 Å². The SMILES string of the molecule is OC(c1cc(-c2cc(N3CCC(N4CCCC4)CC3)c3nonc3c2)cs1)C(F)(F)F. The fourth-order valence-electron chi connectivity index (χ4n) is 4.67. The second-order valence-corrected chi connectivity index (χ2v) is 9.21. The van der Waals surface area contributed by atoms with Crippen LogP contribution in [0.4, 0.5) is 18.9 Å². The van der Waals surface area contributed by atoms with Crippen LogP contribution < -0.4 is 4.90 Å². The lowest BCUT2D eigenvalue weighted by Gasteiger charge is -2.37. The molecule has 1 unspecified atom stereocenters. The van der Waals surface area contributed by atoms with Crippen LogP contribution in [0.15, 0.2) is 28.2 Å². The molecule has 3 aromatic rings. The van der Waals surface area contributed by atoms with Gasteiger partial charge in [0.2, 0.25) is 0 Å². The van der Waals surface area contributed by atoms with Gasteiger partial charge in [0.25, 0.3) is 0 Å². The minimum atomic E-state index is -4.69. The quantitative estimate of drug-likeness (QED) is 0.624. The van der Waals surface area contributed by atoms with E-state index < -0.39 is 12.3 Å². The van der Waals surface area contributed by atoms with Crippen molar-refractivity contribution < 1.29 is 22.9 Å². The molecule has 1 N–H and O–H groups in total. The molecule has 0 radical (unpaired) electrons. The van der Waals surface area contributed by atoms with Crippen molar-refractivity contribution in [2.45, 2.75) is 44.0 Å². The van der Waals surface area contributed by atoms with Crippen LogP contribution in [0.25, 0.3) is 22.2 Å². The molecule has 1 atom stereocenters. The summed E-state index contributed by atoms with van der Waals surface area (Å²) in [5.41, 5.74) is 3.46. The molecule has 5 rings (SSSR count). The molecule has 4 heterocycles. The Labute approximate surface area is 181 Å². The van der Waals surface area contributed by atoms with E-state index >= 15 is 0 Å². The van der Waals surface area contributed by atoms with Crippen LogP contribution in [0.2, 0.25) is 0 Å². The molecular weight excluding hydrogens is 429 g/mol. The van der Waals surface area contributed by atoms with Crippen LogP contribution in [-0.4, -0.2) is 58.7 Å². The third-order valence-corrected chi connectivity index (χ3v) is 7.32. The third kappa shape index (κ3) is 4.04. The van der Waals surface area contributed by atoms with Crippen molar-refractivity contribution in [2.24, 2.45) is 0 Å². The zero-order valence-electron chi connectivity index (χ0n) is 16.8. The highest BCUT2D eigenvalue weighted by molar-refractivity contribution is 7.10. The Morgan fingerprint density at radius 3 is 2.48 bits per heavy atom. The van der Waals surface area contributed by atoms with Crippen LogP contribution in [-0.2, 0) is 0 Å². The fraction of sp³-hybridized carbons (Fsp3) is 0.524. The number of thiophene rings is 1. The molecule has 6 nitrogen and oxygen atoms in total. The molecule has 2 aliphatic heterocycles. The lowest BCUT2D eigenvalue weighted by atomic mass is 10.0. The predicted molar refractivity (Wildman–Crippen MR) is 112 cm³/mol. The molecule has 2 aromatic heterocycles. The lowest BCUT2D eigenvalue weighted by Crippen LogP contribution is -2.43. The Balaban J connectivity index is 1.41. The van der Waals surface area contributed by atoms with Crippen molar-refractivity contribution in [1.29, 1.82) is 0 Å². The monoisotopic (exact) mass is 452 g/mol. The normalized spacial score (nSPS) is 20.1. The molecule has 2 saturated heterocycles. The largest absolute Gasteiger partial charge is 0.419 e. The summed E-state index contributed by atoms with van der Waals surface area (Å²) >= 11 is 0.894. The lowest BCUT2D eigenvalue weighted by molar-refractivity contribution is -0.205. The Hall–Kier alpha value is -2.17.